The van der Waals surface area contributed by atoms with Gasteiger partial charge in [-0.05, 0) is 55.9 Å². The second kappa shape index (κ2) is 8.64. The van der Waals surface area contributed by atoms with Gasteiger partial charge in [0.2, 0.25) is 0 Å². The van der Waals surface area contributed by atoms with Crippen molar-refractivity contribution in [3.05, 3.63) is 70.5 Å². The van der Waals surface area contributed by atoms with Gasteiger partial charge >= 0.3 is 0 Å². The number of amides is 1. The molecule has 0 N–H and O–H groups in total. The van der Waals surface area contributed by atoms with E-state index in [1.54, 1.807) is 6.07 Å². The van der Waals surface area contributed by atoms with E-state index >= 15 is 0 Å². The molecule has 2 aliphatic rings. The number of hydrogen-bond donors (Lipinski definition) is 0. The lowest BCUT2D eigenvalue weighted by molar-refractivity contribution is 0.0724. The van der Waals surface area contributed by atoms with Crippen LogP contribution in [0.1, 0.15) is 53.8 Å². The Morgan fingerprint density at radius 3 is 2.35 bits per heavy atom. The molecule has 0 bridgehead atoms. The third-order valence-electron chi connectivity index (χ3n) is 6.48. The molecule has 3 aromatic rings. The Morgan fingerprint density at radius 2 is 1.71 bits per heavy atom. The normalized spacial score (nSPS) is 17.2. The minimum absolute atomic E-state index is 0. The summed E-state index contributed by atoms with van der Waals surface area (Å²) in [6.07, 6.45) is 5.48. The summed E-state index contributed by atoms with van der Waals surface area (Å²) in [5, 5.41) is 9.56. The standard InChI is InChI=1S/C24H25ClN4O.ClH/c1-28-21(26-27-23(28)24(12-13-24)18-8-4-2-5-9-18)19-11-10-17(16-20(19)25)22(30)29-14-6-3-7-15-29;/h2,4-5,8-11,16H,3,6-7,12-15H2,1H3;1H. The Bertz CT molecular complexity index is 1090. The Labute approximate surface area is 193 Å². The molecule has 0 atom stereocenters. The highest BCUT2D eigenvalue weighted by molar-refractivity contribution is 6.33. The van der Waals surface area contributed by atoms with Crippen molar-refractivity contribution in [1.29, 1.82) is 0 Å². The topological polar surface area (TPSA) is 51.0 Å². The van der Waals surface area contributed by atoms with Gasteiger partial charge in [-0.2, -0.15) is 0 Å². The van der Waals surface area contributed by atoms with E-state index in [2.05, 4.69) is 34.5 Å². The fourth-order valence-electron chi connectivity index (χ4n) is 4.61. The predicted molar refractivity (Wildman–Crippen MR) is 125 cm³/mol. The van der Waals surface area contributed by atoms with Gasteiger partial charge in [0.25, 0.3) is 5.91 Å². The van der Waals surface area contributed by atoms with Gasteiger partial charge in [-0.3, -0.25) is 4.79 Å². The summed E-state index contributed by atoms with van der Waals surface area (Å²) in [6.45, 7) is 1.65. The number of nitrogens with zero attached hydrogens (tertiary/aromatic N) is 4. The summed E-state index contributed by atoms with van der Waals surface area (Å²) in [7, 11) is 2.00. The molecular weight excluding hydrogens is 431 g/mol. The van der Waals surface area contributed by atoms with Crippen molar-refractivity contribution < 1.29 is 4.79 Å². The van der Waals surface area contributed by atoms with Crippen molar-refractivity contribution in [3.8, 4) is 11.4 Å². The fraction of sp³-hybridized carbons (Fsp3) is 0.375. The second-order valence-corrected chi connectivity index (χ2v) is 8.81. The summed E-state index contributed by atoms with van der Waals surface area (Å²) >= 11 is 6.62. The Hall–Kier alpha value is -2.37. The Morgan fingerprint density at radius 1 is 1.00 bits per heavy atom. The van der Waals surface area contributed by atoms with Crippen LogP contribution < -0.4 is 0 Å². The lowest BCUT2D eigenvalue weighted by atomic mass is 9.95. The first-order chi connectivity index (χ1) is 14.6. The van der Waals surface area contributed by atoms with Gasteiger partial charge in [0.1, 0.15) is 5.82 Å². The predicted octanol–water partition coefficient (Wildman–Crippen LogP) is 5.26. The highest BCUT2D eigenvalue weighted by atomic mass is 35.5. The zero-order valence-corrected chi connectivity index (χ0v) is 19.1. The number of likely N-dealkylation sites (tertiary alicyclic amines) is 1. The number of aromatic nitrogens is 3. The van der Waals surface area contributed by atoms with E-state index < -0.39 is 0 Å². The summed E-state index contributed by atoms with van der Waals surface area (Å²) in [6, 6.07) is 16.0. The molecule has 0 spiro atoms. The van der Waals surface area contributed by atoms with E-state index in [4.69, 9.17) is 11.6 Å². The molecule has 2 aromatic carbocycles. The molecule has 162 valence electrons. The maximum absolute atomic E-state index is 12.8. The molecule has 1 amide bonds. The van der Waals surface area contributed by atoms with Gasteiger partial charge in [0, 0.05) is 31.3 Å². The number of piperidine rings is 1. The van der Waals surface area contributed by atoms with Crippen LogP contribution in [0.4, 0.5) is 0 Å². The number of rotatable bonds is 4. The van der Waals surface area contributed by atoms with E-state index in [1.807, 2.05) is 34.7 Å². The molecule has 1 aliphatic heterocycles. The van der Waals surface area contributed by atoms with Gasteiger partial charge in [0.05, 0.1) is 10.4 Å². The highest BCUT2D eigenvalue weighted by Gasteiger charge is 2.49. The molecule has 0 radical (unpaired) electrons. The SMILES string of the molecule is Cl.Cn1c(-c2ccc(C(=O)N3CCCCC3)cc2Cl)nnc1C1(c2ccccc2)CC1. The van der Waals surface area contributed by atoms with Crippen molar-refractivity contribution in [1.82, 2.24) is 19.7 Å². The summed E-state index contributed by atoms with van der Waals surface area (Å²) in [5.41, 5.74) is 2.66. The van der Waals surface area contributed by atoms with E-state index in [0.717, 1.165) is 56.0 Å². The van der Waals surface area contributed by atoms with E-state index in [9.17, 15) is 4.79 Å². The minimum Gasteiger partial charge on any atom is -0.339 e. The molecule has 2 fully saturated rings. The molecule has 1 saturated carbocycles. The van der Waals surface area contributed by atoms with Crippen LogP contribution in [-0.4, -0.2) is 38.7 Å². The van der Waals surface area contributed by atoms with Gasteiger partial charge < -0.3 is 9.47 Å². The van der Waals surface area contributed by atoms with E-state index in [0.29, 0.717) is 10.6 Å². The first-order valence-corrected chi connectivity index (χ1v) is 11.0. The second-order valence-electron chi connectivity index (χ2n) is 8.40. The fourth-order valence-corrected chi connectivity index (χ4v) is 4.88. The molecule has 7 heteroatoms. The highest BCUT2D eigenvalue weighted by Crippen LogP contribution is 2.53. The van der Waals surface area contributed by atoms with Crippen LogP contribution in [0.2, 0.25) is 5.02 Å². The van der Waals surface area contributed by atoms with Gasteiger partial charge in [0.15, 0.2) is 5.82 Å². The van der Waals surface area contributed by atoms with Gasteiger partial charge in [-0.1, -0.05) is 41.9 Å². The first kappa shape index (κ1) is 21.8. The average molecular weight is 457 g/mol. The van der Waals surface area contributed by atoms with E-state index in [1.165, 1.54) is 12.0 Å². The summed E-state index contributed by atoms with van der Waals surface area (Å²) in [5.74, 6) is 1.75. The number of carbonyl (C=O) groups is 1. The molecule has 1 saturated heterocycles. The van der Waals surface area contributed by atoms with Gasteiger partial charge in [-0.25, -0.2) is 0 Å². The van der Waals surface area contributed by atoms with Crippen LogP contribution in [0.3, 0.4) is 0 Å². The van der Waals surface area contributed by atoms with Crippen molar-refractivity contribution in [2.75, 3.05) is 13.1 Å². The zero-order valence-electron chi connectivity index (χ0n) is 17.6. The van der Waals surface area contributed by atoms with Crippen molar-refractivity contribution in [3.63, 3.8) is 0 Å². The molecule has 2 heterocycles. The van der Waals surface area contributed by atoms with Crippen LogP contribution in [0, 0.1) is 0 Å². The van der Waals surface area contributed by atoms with Crippen molar-refractivity contribution in [2.24, 2.45) is 7.05 Å². The quantitative estimate of drug-likeness (QED) is 0.537. The van der Waals surface area contributed by atoms with Crippen molar-refractivity contribution >= 4 is 29.9 Å². The smallest absolute Gasteiger partial charge is 0.253 e. The third-order valence-corrected chi connectivity index (χ3v) is 6.79. The van der Waals surface area contributed by atoms with Crippen molar-refractivity contribution in [2.45, 2.75) is 37.5 Å². The lowest BCUT2D eigenvalue weighted by Gasteiger charge is -2.26. The largest absolute Gasteiger partial charge is 0.339 e. The maximum atomic E-state index is 12.8. The van der Waals surface area contributed by atoms with Crippen LogP contribution >= 0.6 is 24.0 Å². The Kier molecular flexibility index (Phi) is 6.09. The number of carbonyl (C=O) groups excluding carboxylic acids is 1. The Balaban J connectivity index is 0.00000231. The molecule has 0 unspecified atom stereocenters. The van der Waals surface area contributed by atoms with Crippen LogP contribution in [0.15, 0.2) is 48.5 Å². The zero-order chi connectivity index (χ0) is 20.7. The molecule has 5 nitrogen and oxygen atoms in total. The van der Waals surface area contributed by atoms with Crippen LogP contribution in [0.25, 0.3) is 11.4 Å². The molecule has 1 aliphatic carbocycles. The minimum atomic E-state index is -0.0576. The van der Waals surface area contributed by atoms with Gasteiger partial charge in [-0.15, -0.1) is 22.6 Å². The summed E-state index contributed by atoms with van der Waals surface area (Å²) in [4.78, 5) is 14.7. The monoisotopic (exact) mass is 456 g/mol. The van der Waals surface area contributed by atoms with Crippen LogP contribution in [0.5, 0.6) is 0 Å². The van der Waals surface area contributed by atoms with Crippen LogP contribution in [-0.2, 0) is 12.5 Å². The first-order valence-electron chi connectivity index (χ1n) is 10.6. The number of hydrogen-bond acceptors (Lipinski definition) is 3. The molecule has 5 rings (SSSR count). The summed E-state index contributed by atoms with van der Waals surface area (Å²) < 4.78 is 2.05. The number of benzene rings is 2. The molecule has 31 heavy (non-hydrogen) atoms. The molecule has 1 aromatic heterocycles. The molecular formula is C24H26Cl2N4O. The lowest BCUT2D eigenvalue weighted by Crippen LogP contribution is -2.35. The number of halogens is 2. The van der Waals surface area contributed by atoms with E-state index in [-0.39, 0.29) is 23.7 Å². The average Bonchev–Trinajstić information content (AvgIpc) is 3.51. The maximum Gasteiger partial charge on any atom is 0.253 e. The third kappa shape index (κ3) is 3.85.